The number of aryl methyl sites for hydroxylation is 2. The molecule has 3 rings (SSSR count). The van der Waals surface area contributed by atoms with Gasteiger partial charge >= 0.3 is 0 Å². The van der Waals surface area contributed by atoms with E-state index in [0.717, 1.165) is 27.6 Å². The first-order valence-electron chi connectivity index (χ1n) is 6.67. The lowest BCUT2D eigenvalue weighted by molar-refractivity contribution is 0.569. The van der Waals surface area contributed by atoms with Gasteiger partial charge in [0.2, 0.25) is 0 Å². The molecule has 0 N–H and O–H groups in total. The molecule has 0 fully saturated rings. The van der Waals surface area contributed by atoms with E-state index < -0.39 is 0 Å². The van der Waals surface area contributed by atoms with Crippen LogP contribution in [0.1, 0.15) is 37.6 Å². The Hall–Kier alpha value is -1.83. The Labute approximate surface area is 113 Å². The SMILES string of the molecule is Cc1cc2oc3c(C(C)(C)C)c(C)ccc3c2cn1. The first-order chi connectivity index (χ1) is 8.88. The largest absolute Gasteiger partial charge is 0.456 e. The minimum atomic E-state index is 0.0694. The number of rotatable bonds is 0. The molecular formula is C17H19NO. The molecule has 0 amide bonds. The van der Waals surface area contributed by atoms with Crippen molar-refractivity contribution in [3.05, 3.63) is 41.2 Å². The van der Waals surface area contributed by atoms with E-state index in [-0.39, 0.29) is 5.41 Å². The predicted octanol–water partition coefficient (Wildman–Crippen LogP) is 4.90. The topological polar surface area (TPSA) is 26.0 Å². The van der Waals surface area contributed by atoms with Crippen LogP contribution in [0, 0.1) is 13.8 Å². The van der Waals surface area contributed by atoms with Crippen molar-refractivity contribution in [2.24, 2.45) is 0 Å². The number of hydrogen-bond donors (Lipinski definition) is 0. The van der Waals surface area contributed by atoms with Crippen LogP contribution < -0.4 is 0 Å². The van der Waals surface area contributed by atoms with Gasteiger partial charge in [-0.2, -0.15) is 0 Å². The zero-order valence-corrected chi connectivity index (χ0v) is 12.2. The molecule has 3 aromatic rings. The maximum atomic E-state index is 6.13. The van der Waals surface area contributed by atoms with Gasteiger partial charge in [-0.3, -0.25) is 4.98 Å². The average molecular weight is 253 g/mol. The first-order valence-corrected chi connectivity index (χ1v) is 6.67. The Morgan fingerprint density at radius 2 is 1.79 bits per heavy atom. The van der Waals surface area contributed by atoms with Crippen LogP contribution in [0.15, 0.2) is 28.8 Å². The van der Waals surface area contributed by atoms with Gasteiger partial charge in [-0.25, -0.2) is 0 Å². The van der Waals surface area contributed by atoms with E-state index in [1.807, 2.05) is 19.2 Å². The van der Waals surface area contributed by atoms with Crippen LogP contribution in [0.2, 0.25) is 0 Å². The fourth-order valence-electron chi connectivity index (χ4n) is 2.86. The van der Waals surface area contributed by atoms with E-state index in [9.17, 15) is 0 Å². The van der Waals surface area contributed by atoms with E-state index in [4.69, 9.17) is 4.42 Å². The van der Waals surface area contributed by atoms with Crippen LogP contribution in [-0.4, -0.2) is 4.98 Å². The Balaban J connectivity index is 2.50. The van der Waals surface area contributed by atoms with Gasteiger partial charge in [-0.15, -0.1) is 0 Å². The van der Waals surface area contributed by atoms with E-state index >= 15 is 0 Å². The molecule has 0 atom stereocenters. The molecule has 2 nitrogen and oxygen atoms in total. The van der Waals surface area contributed by atoms with Crippen LogP contribution in [0.4, 0.5) is 0 Å². The van der Waals surface area contributed by atoms with Gasteiger partial charge in [0.1, 0.15) is 11.2 Å². The lowest BCUT2D eigenvalue weighted by atomic mass is 9.83. The summed E-state index contributed by atoms with van der Waals surface area (Å²) in [5.74, 6) is 0. The smallest absolute Gasteiger partial charge is 0.139 e. The van der Waals surface area contributed by atoms with Crippen molar-refractivity contribution >= 4 is 21.9 Å². The maximum Gasteiger partial charge on any atom is 0.139 e. The summed E-state index contributed by atoms with van der Waals surface area (Å²) >= 11 is 0. The molecule has 0 spiro atoms. The summed E-state index contributed by atoms with van der Waals surface area (Å²) in [5.41, 5.74) is 5.57. The van der Waals surface area contributed by atoms with Crippen LogP contribution >= 0.6 is 0 Å². The quantitative estimate of drug-likeness (QED) is 0.569. The molecule has 2 aromatic heterocycles. The molecular weight excluding hydrogens is 234 g/mol. The van der Waals surface area contributed by atoms with Crippen molar-refractivity contribution in [1.82, 2.24) is 4.98 Å². The van der Waals surface area contributed by atoms with Gasteiger partial charge in [0, 0.05) is 34.3 Å². The molecule has 2 heterocycles. The number of fused-ring (bicyclic) bond motifs is 3. The standard InChI is InChI=1S/C17H19NO/c1-10-6-7-12-13-9-18-11(2)8-14(13)19-16(12)15(10)17(3,4)5/h6-9H,1-5H3. The van der Waals surface area contributed by atoms with Crippen molar-refractivity contribution < 1.29 is 4.42 Å². The summed E-state index contributed by atoms with van der Waals surface area (Å²) in [5, 5.41) is 2.27. The summed E-state index contributed by atoms with van der Waals surface area (Å²) in [4.78, 5) is 4.38. The second kappa shape index (κ2) is 3.83. The van der Waals surface area contributed by atoms with Gasteiger partial charge in [0.25, 0.3) is 0 Å². The second-order valence-corrected chi connectivity index (χ2v) is 6.31. The van der Waals surface area contributed by atoms with Crippen LogP contribution in [0.25, 0.3) is 21.9 Å². The number of furan rings is 1. The monoisotopic (exact) mass is 253 g/mol. The molecule has 19 heavy (non-hydrogen) atoms. The van der Waals surface area contributed by atoms with Gasteiger partial charge in [0.05, 0.1) is 0 Å². The lowest BCUT2D eigenvalue weighted by Crippen LogP contribution is -2.13. The Morgan fingerprint density at radius 1 is 1.05 bits per heavy atom. The molecule has 0 aliphatic rings. The van der Waals surface area contributed by atoms with Crippen molar-refractivity contribution in [2.45, 2.75) is 40.0 Å². The Morgan fingerprint density at radius 3 is 2.47 bits per heavy atom. The molecule has 0 saturated carbocycles. The highest BCUT2D eigenvalue weighted by Crippen LogP contribution is 2.37. The number of pyridine rings is 1. The molecule has 98 valence electrons. The highest BCUT2D eigenvalue weighted by molar-refractivity contribution is 6.06. The normalized spacial score (nSPS) is 12.5. The fraction of sp³-hybridized carbons (Fsp3) is 0.353. The van der Waals surface area contributed by atoms with E-state index in [1.165, 1.54) is 11.1 Å². The summed E-state index contributed by atoms with van der Waals surface area (Å²) < 4.78 is 6.13. The average Bonchev–Trinajstić information content (AvgIpc) is 2.63. The van der Waals surface area contributed by atoms with E-state index in [1.54, 1.807) is 0 Å². The minimum absolute atomic E-state index is 0.0694. The molecule has 2 heteroatoms. The third-order valence-corrected chi connectivity index (χ3v) is 3.62. The van der Waals surface area contributed by atoms with Gasteiger partial charge in [-0.05, 0) is 24.8 Å². The van der Waals surface area contributed by atoms with Crippen LogP contribution in [0.5, 0.6) is 0 Å². The van der Waals surface area contributed by atoms with Crippen molar-refractivity contribution in [1.29, 1.82) is 0 Å². The maximum absolute atomic E-state index is 6.13. The molecule has 0 saturated heterocycles. The van der Waals surface area contributed by atoms with Crippen molar-refractivity contribution in [3.8, 4) is 0 Å². The molecule has 0 radical (unpaired) electrons. The fourth-order valence-corrected chi connectivity index (χ4v) is 2.86. The Kier molecular flexibility index (Phi) is 2.46. The van der Waals surface area contributed by atoms with Crippen molar-refractivity contribution in [2.75, 3.05) is 0 Å². The first kappa shape index (κ1) is 12.2. The predicted molar refractivity (Wildman–Crippen MR) is 79.7 cm³/mol. The minimum Gasteiger partial charge on any atom is -0.456 e. The zero-order valence-electron chi connectivity index (χ0n) is 12.2. The van der Waals surface area contributed by atoms with Crippen molar-refractivity contribution in [3.63, 3.8) is 0 Å². The highest BCUT2D eigenvalue weighted by Gasteiger charge is 2.23. The molecule has 1 aromatic carbocycles. The summed E-state index contributed by atoms with van der Waals surface area (Å²) in [7, 11) is 0. The molecule has 0 unspecified atom stereocenters. The number of aromatic nitrogens is 1. The number of hydrogen-bond acceptors (Lipinski definition) is 2. The zero-order chi connectivity index (χ0) is 13.8. The van der Waals surface area contributed by atoms with Gasteiger partial charge in [-0.1, -0.05) is 32.9 Å². The number of nitrogens with zero attached hydrogens (tertiary/aromatic N) is 1. The van der Waals surface area contributed by atoms with E-state index in [2.05, 4.69) is 44.8 Å². The molecule has 0 aliphatic heterocycles. The third kappa shape index (κ3) is 1.83. The molecule has 0 bridgehead atoms. The van der Waals surface area contributed by atoms with Gasteiger partial charge < -0.3 is 4.42 Å². The Bertz CT molecular complexity index is 775. The van der Waals surface area contributed by atoms with Crippen LogP contribution in [-0.2, 0) is 5.41 Å². The summed E-state index contributed by atoms with van der Waals surface area (Å²) in [6, 6.07) is 6.33. The molecule has 0 aliphatic carbocycles. The van der Waals surface area contributed by atoms with Gasteiger partial charge in [0.15, 0.2) is 0 Å². The number of benzene rings is 1. The lowest BCUT2D eigenvalue weighted by Gasteiger charge is -2.21. The summed E-state index contributed by atoms with van der Waals surface area (Å²) in [6.45, 7) is 10.8. The summed E-state index contributed by atoms with van der Waals surface area (Å²) in [6.07, 6.45) is 1.91. The van der Waals surface area contributed by atoms with E-state index in [0.29, 0.717) is 0 Å². The third-order valence-electron chi connectivity index (χ3n) is 3.62. The van der Waals surface area contributed by atoms with Crippen LogP contribution in [0.3, 0.4) is 0 Å². The highest BCUT2D eigenvalue weighted by atomic mass is 16.3. The second-order valence-electron chi connectivity index (χ2n) is 6.31.